The summed E-state index contributed by atoms with van der Waals surface area (Å²) in [4.78, 5) is 23.1. The van der Waals surface area contributed by atoms with Crippen molar-refractivity contribution in [2.24, 2.45) is 17.8 Å². The molecule has 0 saturated heterocycles. The van der Waals surface area contributed by atoms with Gasteiger partial charge in [0.05, 0.1) is 18.1 Å². The topological polar surface area (TPSA) is 121 Å². The molecule has 1 rings (SSSR count). The molecule has 0 aliphatic rings. The Morgan fingerprint density at radius 1 is 1.04 bits per heavy atom. The summed E-state index contributed by atoms with van der Waals surface area (Å²) in [7, 11) is 0. The fraction of sp³-hybridized carbons (Fsp3) is 0.556. The van der Waals surface area contributed by atoms with Gasteiger partial charge in [0.1, 0.15) is 0 Å². The molecule has 0 heterocycles. The second kappa shape index (κ2) is 8.80. The molecule has 0 fully saturated rings. The van der Waals surface area contributed by atoms with E-state index < -0.39 is 24.1 Å². The second-order valence-electron chi connectivity index (χ2n) is 6.62. The molecular formula is C18H27NO5. The minimum Gasteiger partial charge on any atom is -0.481 e. The Labute approximate surface area is 142 Å². The molecule has 5 unspecified atom stereocenters. The van der Waals surface area contributed by atoms with Crippen molar-refractivity contribution in [1.82, 2.24) is 0 Å². The van der Waals surface area contributed by atoms with Gasteiger partial charge in [0, 0.05) is 17.7 Å². The van der Waals surface area contributed by atoms with Gasteiger partial charge in [-0.25, -0.2) is 0 Å². The van der Waals surface area contributed by atoms with Crippen molar-refractivity contribution in [3.05, 3.63) is 29.8 Å². The van der Waals surface area contributed by atoms with E-state index in [2.05, 4.69) is 0 Å². The van der Waals surface area contributed by atoms with E-state index in [1.807, 2.05) is 0 Å². The first-order valence-corrected chi connectivity index (χ1v) is 8.11. The summed E-state index contributed by atoms with van der Waals surface area (Å²) in [5, 5.41) is 29.2. The Bertz CT molecular complexity index is 557. The van der Waals surface area contributed by atoms with E-state index in [0.717, 1.165) is 0 Å². The van der Waals surface area contributed by atoms with Crippen molar-refractivity contribution in [1.29, 1.82) is 0 Å². The minimum absolute atomic E-state index is 0.0254. The highest BCUT2D eigenvalue weighted by atomic mass is 16.4. The molecule has 5 N–H and O–H groups in total. The third-order valence-corrected chi connectivity index (χ3v) is 4.51. The molecule has 0 radical (unpaired) electrons. The Morgan fingerprint density at radius 2 is 1.58 bits per heavy atom. The van der Waals surface area contributed by atoms with Gasteiger partial charge in [0.2, 0.25) is 0 Å². The normalized spacial score (nSPS) is 17.5. The first-order valence-electron chi connectivity index (χ1n) is 8.11. The number of anilines is 1. The fourth-order valence-corrected chi connectivity index (χ4v) is 2.70. The van der Waals surface area contributed by atoms with Crippen LogP contribution in [0.1, 0.15) is 44.0 Å². The molecule has 5 atom stereocenters. The molecule has 24 heavy (non-hydrogen) atoms. The molecule has 0 saturated carbocycles. The van der Waals surface area contributed by atoms with Crippen LogP contribution in [0.3, 0.4) is 0 Å². The number of aliphatic carboxylic acids is 1. The number of carbonyl (C=O) groups is 2. The monoisotopic (exact) mass is 337 g/mol. The van der Waals surface area contributed by atoms with Crippen LogP contribution in [-0.4, -0.2) is 39.3 Å². The summed E-state index contributed by atoms with van der Waals surface area (Å²) in [5.41, 5.74) is 6.63. The number of ketones is 1. The number of nitrogens with two attached hydrogens (primary N) is 1. The number of nitrogen functional groups attached to an aromatic ring is 1. The van der Waals surface area contributed by atoms with Crippen molar-refractivity contribution in [2.75, 3.05) is 5.73 Å². The summed E-state index contributed by atoms with van der Waals surface area (Å²) in [6, 6.07) is 6.51. The van der Waals surface area contributed by atoms with Gasteiger partial charge in [-0.15, -0.1) is 0 Å². The molecular weight excluding hydrogens is 310 g/mol. The molecule has 6 nitrogen and oxygen atoms in total. The van der Waals surface area contributed by atoms with Crippen LogP contribution >= 0.6 is 0 Å². The van der Waals surface area contributed by atoms with E-state index >= 15 is 0 Å². The van der Waals surface area contributed by atoms with E-state index in [4.69, 9.17) is 10.8 Å². The Hall–Kier alpha value is -1.92. The lowest BCUT2D eigenvalue weighted by Gasteiger charge is -2.27. The predicted molar refractivity (Wildman–Crippen MR) is 91.6 cm³/mol. The number of rotatable bonds is 9. The molecule has 0 aliphatic heterocycles. The predicted octanol–water partition coefficient (Wildman–Crippen LogP) is 1.95. The van der Waals surface area contributed by atoms with Gasteiger partial charge >= 0.3 is 5.97 Å². The highest BCUT2D eigenvalue weighted by Gasteiger charge is 2.29. The molecule has 6 heteroatoms. The van der Waals surface area contributed by atoms with Gasteiger partial charge in [0.25, 0.3) is 0 Å². The Kier molecular flexibility index (Phi) is 7.38. The van der Waals surface area contributed by atoms with Crippen LogP contribution < -0.4 is 5.73 Å². The molecule has 1 aromatic carbocycles. The maximum absolute atomic E-state index is 12.2. The zero-order chi connectivity index (χ0) is 18.4. The fourth-order valence-electron chi connectivity index (χ4n) is 2.70. The van der Waals surface area contributed by atoms with Gasteiger partial charge in [-0.2, -0.15) is 0 Å². The number of aliphatic hydroxyl groups excluding tert-OH is 2. The molecule has 0 aromatic heterocycles. The highest BCUT2D eigenvalue weighted by Crippen LogP contribution is 2.24. The van der Waals surface area contributed by atoms with E-state index in [0.29, 0.717) is 17.7 Å². The van der Waals surface area contributed by atoms with E-state index in [1.165, 1.54) is 6.92 Å². The number of hydrogen-bond donors (Lipinski definition) is 4. The molecule has 0 bridgehead atoms. The summed E-state index contributed by atoms with van der Waals surface area (Å²) >= 11 is 0. The van der Waals surface area contributed by atoms with Crippen LogP contribution in [0.25, 0.3) is 0 Å². The van der Waals surface area contributed by atoms with Gasteiger partial charge in [-0.3, -0.25) is 9.59 Å². The second-order valence-corrected chi connectivity index (χ2v) is 6.62. The van der Waals surface area contributed by atoms with Crippen LogP contribution in [0.4, 0.5) is 5.69 Å². The number of Topliss-reactive ketones (excluding diaryl/α,β-unsaturated/α-hetero) is 1. The average Bonchev–Trinajstić information content (AvgIpc) is 2.53. The summed E-state index contributed by atoms with van der Waals surface area (Å²) in [6.07, 6.45) is -1.45. The standard InChI is InChI=1S/C18H27NO5/c1-10(8-11(2)17(22)12(3)18(23)24)15(20)9-16(21)13-4-6-14(19)7-5-13/h4-7,10-12,15,17,20,22H,8-9,19H2,1-3H3,(H,23,24). The number of hydrogen-bond acceptors (Lipinski definition) is 5. The van der Waals surface area contributed by atoms with Gasteiger partial charge in [0.15, 0.2) is 5.78 Å². The molecule has 0 aliphatic carbocycles. The quantitative estimate of drug-likeness (QED) is 0.404. The van der Waals surface area contributed by atoms with Gasteiger partial charge < -0.3 is 21.1 Å². The number of carboxylic acid groups (broad SMARTS) is 1. The van der Waals surface area contributed by atoms with Crippen LogP contribution in [0.15, 0.2) is 24.3 Å². The van der Waals surface area contributed by atoms with E-state index in [9.17, 15) is 19.8 Å². The Morgan fingerprint density at radius 3 is 2.08 bits per heavy atom. The van der Waals surface area contributed by atoms with Crippen molar-refractivity contribution < 1.29 is 24.9 Å². The Balaban J connectivity index is 2.57. The van der Waals surface area contributed by atoms with Gasteiger partial charge in [-0.1, -0.05) is 13.8 Å². The van der Waals surface area contributed by atoms with Crippen molar-refractivity contribution >= 4 is 17.4 Å². The zero-order valence-electron chi connectivity index (χ0n) is 14.3. The first-order chi connectivity index (χ1) is 11.1. The zero-order valence-corrected chi connectivity index (χ0v) is 14.3. The first kappa shape index (κ1) is 20.1. The smallest absolute Gasteiger partial charge is 0.308 e. The van der Waals surface area contributed by atoms with Crippen LogP contribution in [0.5, 0.6) is 0 Å². The van der Waals surface area contributed by atoms with Crippen LogP contribution in [0, 0.1) is 17.8 Å². The van der Waals surface area contributed by atoms with Crippen LogP contribution in [0.2, 0.25) is 0 Å². The largest absolute Gasteiger partial charge is 0.481 e. The minimum atomic E-state index is -1.05. The lowest BCUT2D eigenvalue weighted by atomic mass is 9.83. The summed E-state index contributed by atoms with van der Waals surface area (Å²) < 4.78 is 0. The maximum Gasteiger partial charge on any atom is 0.308 e. The van der Waals surface area contributed by atoms with Crippen molar-refractivity contribution in [3.63, 3.8) is 0 Å². The lowest BCUT2D eigenvalue weighted by Crippen LogP contribution is -2.33. The average molecular weight is 337 g/mol. The lowest BCUT2D eigenvalue weighted by molar-refractivity contribution is -0.146. The molecule has 1 aromatic rings. The highest BCUT2D eigenvalue weighted by molar-refractivity contribution is 5.96. The third-order valence-electron chi connectivity index (χ3n) is 4.51. The van der Waals surface area contributed by atoms with E-state index in [-0.39, 0.29) is 24.0 Å². The third kappa shape index (κ3) is 5.62. The van der Waals surface area contributed by atoms with Gasteiger partial charge in [-0.05, 0) is 49.4 Å². The SMILES string of the molecule is CC(CC(C)C(O)C(C)C(=O)O)C(O)CC(=O)c1ccc(N)cc1. The summed E-state index contributed by atoms with van der Waals surface area (Å²) in [5.74, 6) is -2.65. The van der Waals surface area contributed by atoms with Crippen molar-refractivity contribution in [3.8, 4) is 0 Å². The number of carboxylic acids is 1. The molecule has 0 spiro atoms. The van der Waals surface area contributed by atoms with Crippen molar-refractivity contribution in [2.45, 2.75) is 45.8 Å². The molecule has 134 valence electrons. The maximum atomic E-state index is 12.2. The number of benzene rings is 1. The molecule has 0 amide bonds. The van der Waals surface area contributed by atoms with E-state index in [1.54, 1.807) is 38.1 Å². The van der Waals surface area contributed by atoms with Crippen LogP contribution in [-0.2, 0) is 4.79 Å². The number of aliphatic hydroxyl groups is 2. The number of carbonyl (C=O) groups excluding carboxylic acids is 1. The summed E-state index contributed by atoms with van der Waals surface area (Å²) in [6.45, 7) is 4.99.